The minimum atomic E-state index is -0.718. The van der Waals surface area contributed by atoms with Crippen molar-refractivity contribution in [3.8, 4) is 0 Å². The fourth-order valence-electron chi connectivity index (χ4n) is 4.53. The van der Waals surface area contributed by atoms with Gasteiger partial charge in [-0.25, -0.2) is 5.06 Å². The topological polar surface area (TPSA) is 114 Å². The third kappa shape index (κ3) is 6.42. The zero-order chi connectivity index (χ0) is 24.2. The SMILES string of the molecule is CN1CCN(c2nc(Cl)nc(NNC(=O)[C@H](CC3CCCC3)CN(O)C=O)c2F)CC1(C)C. The van der Waals surface area contributed by atoms with E-state index < -0.39 is 17.6 Å². The first-order valence-corrected chi connectivity index (χ1v) is 11.6. The van der Waals surface area contributed by atoms with E-state index >= 15 is 4.39 Å². The van der Waals surface area contributed by atoms with E-state index in [0.29, 0.717) is 30.5 Å². The first-order valence-electron chi connectivity index (χ1n) is 11.3. The molecule has 3 N–H and O–H groups in total. The number of rotatable bonds is 9. The summed E-state index contributed by atoms with van der Waals surface area (Å²) in [4.78, 5) is 35.7. The lowest BCUT2D eigenvalue weighted by atomic mass is 9.92. The molecular weight excluding hydrogens is 453 g/mol. The van der Waals surface area contributed by atoms with Crippen LogP contribution in [-0.2, 0) is 9.59 Å². The fraction of sp³-hybridized carbons (Fsp3) is 0.714. The summed E-state index contributed by atoms with van der Waals surface area (Å²) in [5.41, 5.74) is 4.80. The molecular formula is C21H33ClFN7O3. The number of carbonyl (C=O) groups excluding carboxylic acids is 2. The number of hydrogen-bond donors (Lipinski definition) is 3. The smallest absolute Gasteiger partial charge is 0.243 e. The van der Waals surface area contributed by atoms with E-state index in [-0.39, 0.29) is 35.4 Å². The molecule has 184 valence electrons. The molecule has 0 bridgehead atoms. The summed E-state index contributed by atoms with van der Waals surface area (Å²) < 4.78 is 15.3. The second-order valence-electron chi connectivity index (χ2n) is 9.56. The number of carbonyl (C=O) groups is 2. The molecule has 1 saturated carbocycles. The van der Waals surface area contributed by atoms with Crippen molar-refractivity contribution in [1.82, 2.24) is 25.4 Å². The summed E-state index contributed by atoms with van der Waals surface area (Å²) in [5, 5.41) is 9.92. The third-order valence-corrected chi connectivity index (χ3v) is 6.89. The number of nitrogens with one attached hydrogen (secondary N) is 2. The Hall–Kier alpha value is -2.24. The van der Waals surface area contributed by atoms with Crippen LogP contribution in [0.3, 0.4) is 0 Å². The summed E-state index contributed by atoms with van der Waals surface area (Å²) in [5.74, 6) is -1.68. The van der Waals surface area contributed by atoms with Crippen LogP contribution in [0.25, 0.3) is 0 Å². The number of hydrazine groups is 1. The average Bonchev–Trinajstić information content (AvgIpc) is 3.28. The van der Waals surface area contributed by atoms with Gasteiger partial charge in [-0.3, -0.25) is 30.5 Å². The van der Waals surface area contributed by atoms with Crippen LogP contribution in [0, 0.1) is 17.7 Å². The van der Waals surface area contributed by atoms with Gasteiger partial charge >= 0.3 is 0 Å². The number of hydrogen-bond acceptors (Lipinski definition) is 8. The lowest BCUT2D eigenvalue weighted by Crippen LogP contribution is -2.58. The van der Waals surface area contributed by atoms with Crippen molar-refractivity contribution in [1.29, 1.82) is 0 Å². The number of amides is 2. The summed E-state index contributed by atoms with van der Waals surface area (Å²) in [6.45, 7) is 5.81. The van der Waals surface area contributed by atoms with E-state index in [2.05, 4.69) is 39.6 Å². The number of piperazine rings is 1. The minimum Gasteiger partial charge on any atom is -0.351 e. The highest BCUT2D eigenvalue weighted by Crippen LogP contribution is 2.31. The van der Waals surface area contributed by atoms with Crippen molar-refractivity contribution in [2.45, 2.75) is 51.5 Å². The maximum absolute atomic E-state index is 15.3. The van der Waals surface area contributed by atoms with Crippen molar-refractivity contribution in [3.63, 3.8) is 0 Å². The minimum absolute atomic E-state index is 0.0675. The van der Waals surface area contributed by atoms with E-state index in [0.717, 1.165) is 32.2 Å². The van der Waals surface area contributed by atoms with Crippen LogP contribution in [0.4, 0.5) is 16.0 Å². The standard InChI is InChI=1S/C21H33ClFN7O3/c1-21(2)12-29(9-8-28(21)3)18-16(23)17(24-20(22)25-18)26-27-19(32)15(11-30(33)13-31)10-14-6-4-5-7-14/h13-15,33H,4-12H2,1-3H3,(H,27,32)(H,24,25,26)/t15-/m1/s1. The summed E-state index contributed by atoms with van der Waals surface area (Å²) in [7, 11) is 2.02. The van der Waals surface area contributed by atoms with Crippen LogP contribution in [0.1, 0.15) is 46.0 Å². The molecule has 0 radical (unpaired) electrons. The highest BCUT2D eigenvalue weighted by molar-refractivity contribution is 6.28. The van der Waals surface area contributed by atoms with Gasteiger partial charge in [-0.15, -0.1) is 0 Å². The van der Waals surface area contributed by atoms with E-state index in [1.54, 1.807) is 0 Å². The van der Waals surface area contributed by atoms with Crippen molar-refractivity contribution >= 4 is 35.6 Å². The predicted molar refractivity (Wildman–Crippen MR) is 122 cm³/mol. The number of halogens is 2. The van der Waals surface area contributed by atoms with Gasteiger partial charge < -0.3 is 4.90 Å². The highest BCUT2D eigenvalue weighted by Gasteiger charge is 2.34. The quantitative estimate of drug-likeness (QED) is 0.211. The molecule has 3 rings (SSSR count). The zero-order valence-electron chi connectivity index (χ0n) is 19.4. The van der Waals surface area contributed by atoms with Crippen LogP contribution >= 0.6 is 11.6 Å². The number of hydroxylamine groups is 2. The van der Waals surface area contributed by atoms with Gasteiger partial charge in [0, 0.05) is 25.2 Å². The second-order valence-corrected chi connectivity index (χ2v) is 9.90. The normalized spacial score (nSPS) is 19.9. The molecule has 0 spiro atoms. The van der Waals surface area contributed by atoms with Gasteiger partial charge in [0.25, 0.3) is 0 Å². The van der Waals surface area contributed by atoms with E-state index in [9.17, 15) is 14.8 Å². The molecule has 1 atom stereocenters. The average molecular weight is 486 g/mol. The van der Waals surface area contributed by atoms with Gasteiger partial charge in [0.2, 0.25) is 23.4 Å². The lowest BCUT2D eigenvalue weighted by Gasteiger charge is -2.45. The molecule has 1 saturated heterocycles. The molecule has 1 aliphatic heterocycles. The molecule has 2 heterocycles. The molecule has 10 nitrogen and oxygen atoms in total. The largest absolute Gasteiger partial charge is 0.351 e. The Labute approximate surface area is 198 Å². The van der Waals surface area contributed by atoms with Gasteiger partial charge in [0.05, 0.1) is 12.5 Å². The zero-order valence-corrected chi connectivity index (χ0v) is 20.1. The first-order chi connectivity index (χ1) is 15.6. The van der Waals surface area contributed by atoms with Gasteiger partial charge in [-0.05, 0) is 44.8 Å². The Kier molecular flexibility index (Phi) is 8.30. The van der Waals surface area contributed by atoms with Crippen molar-refractivity contribution < 1.29 is 19.2 Å². The molecule has 1 aromatic heterocycles. The molecule has 2 fully saturated rings. The van der Waals surface area contributed by atoms with Crippen molar-refractivity contribution in [2.75, 3.05) is 43.6 Å². The lowest BCUT2D eigenvalue weighted by molar-refractivity contribution is -0.154. The Morgan fingerprint density at radius 2 is 2.06 bits per heavy atom. The van der Waals surface area contributed by atoms with Crippen LogP contribution in [0.5, 0.6) is 0 Å². The Morgan fingerprint density at radius 1 is 1.36 bits per heavy atom. The fourth-order valence-corrected chi connectivity index (χ4v) is 4.69. The molecule has 12 heteroatoms. The summed E-state index contributed by atoms with van der Waals surface area (Å²) >= 11 is 6.06. The first kappa shape index (κ1) is 25.4. The van der Waals surface area contributed by atoms with Gasteiger partial charge in [-0.2, -0.15) is 14.4 Å². The third-order valence-electron chi connectivity index (χ3n) is 6.72. The number of nitrogens with zero attached hydrogens (tertiary/aromatic N) is 5. The van der Waals surface area contributed by atoms with E-state index in [1.165, 1.54) is 0 Å². The van der Waals surface area contributed by atoms with Crippen LogP contribution in [0.2, 0.25) is 5.28 Å². The highest BCUT2D eigenvalue weighted by atomic mass is 35.5. The molecule has 0 aromatic carbocycles. The Morgan fingerprint density at radius 3 is 2.70 bits per heavy atom. The number of likely N-dealkylation sites (N-methyl/N-ethyl adjacent to an activating group) is 1. The monoisotopic (exact) mass is 485 g/mol. The number of aromatic nitrogens is 2. The summed E-state index contributed by atoms with van der Waals surface area (Å²) in [6, 6.07) is 0. The van der Waals surface area contributed by atoms with Crippen LogP contribution in [0.15, 0.2) is 0 Å². The summed E-state index contributed by atoms with van der Waals surface area (Å²) in [6.07, 6.45) is 4.99. The Bertz CT molecular complexity index is 853. The Balaban J connectivity index is 1.71. The van der Waals surface area contributed by atoms with Crippen molar-refractivity contribution in [2.24, 2.45) is 11.8 Å². The second kappa shape index (κ2) is 10.8. The molecule has 2 aliphatic rings. The van der Waals surface area contributed by atoms with E-state index in [1.807, 2.05) is 11.9 Å². The molecule has 1 aliphatic carbocycles. The molecule has 1 aromatic rings. The van der Waals surface area contributed by atoms with Crippen molar-refractivity contribution in [3.05, 3.63) is 11.1 Å². The van der Waals surface area contributed by atoms with Gasteiger partial charge in [-0.1, -0.05) is 25.7 Å². The van der Waals surface area contributed by atoms with Crippen LogP contribution in [-0.4, -0.2) is 76.2 Å². The number of anilines is 2. The maximum Gasteiger partial charge on any atom is 0.243 e. The molecule has 0 unspecified atom stereocenters. The maximum atomic E-state index is 15.3. The van der Waals surface area contributed by atoms with Gasteiger partial charge in [0.15, 0.2) is 11.6 Å². The van der Waals surface area contributed by atoms with E-state index in [4.69, 9.17) is 11.6 Å². The molecule has 33 heavy (non-hydrogen) atoms. The predicted octanol–water partition coefficient (Wildman–Crippen LogP) is 2.29. The van der Waals surface area contributed by atoms with Gasteiger partial charge in [0.1, 0.15) is 0 Å². The van der Waals surface area contributed by atoms with Crippen LogP contribution < -0.4 is 15.8 Å². The molecule has 2 amide bonds.